The normalized spacial score (nSPS) is 15.4. The summed E-state index contributed by atoms with van der Waals surface area (Å²) >= 11 is 0. The molecule has 0 heterocycles. The zero-order valence-electron chi connectivity index (χ0n) is 11.2. The summed E-state index contributed by atoms with van der Waals surface area (Å²) in [4.78, 5) is 2.51. The Labute approximate surface area is 104 Å². The van der Waals surface area contributed by atoms with Crippen LogP contribution in [0.3, 0.4) is 0 Å². The number of methoxy groups -OCH3 is 1. The van der Waals surface area contributed by atoms with Gasteiger partial charge in [0.05, 0.1) is 6.61 Å². The Morgan fingerprint density at radius 3 is 2.06 bits per heavy atom. The zero-order valence-corrected chi connectivity index (χ0v) is 12.2. The van der Waals surface area contributed by atoms with Gasteiger partial charge in [0.15, 0.2) is 0 Å². The van der Waals surface area contributed by atoms with Gasteiger partial charge in [0.25, 0.3) is 0 Å². The van der Waals surface area contributed by atoms with Crippen LogP contribution in [0.5, 0.6) is 0 Å². The monoisotopic (exact) mass is 244 g/mol. The molecule has 0 N–H and O–H groups in total. The molecule has 0 aromatic heterocycles. The molecule has 4 heteroatoms. The smallest absolute Gasteiger partial charge is 0.133 e. The average molecular weight is 244 g/mol. The summed E-state index contributed by atoms with van der Waals surface area (Å²) < 4.78 is 10.6. The van der Waals surface area contributed by atoms with Gasteiger partial charge in [-0.3, -0.25) is 4.90 Å². The molecule has 0 aliphatic rings. The molecule has 0 amide bonds. The van der Waals surface area contributed by atoms with Crippen molar-refractivity contribution in [2.45, 2.75) is 52.0 Å². The second-order valence-electron chi connectivity index (χ2n) is 4.00. The molecule has 0 rings (SSSR count). The molecule has 0 saturated carbocycles. The topological polar surface area (TPSA) is 21.7 Å². The van der Waals surface area contributed by atoms with E-state index in [-0.39, 0.29) is 5.91 Å². The largest absolute Gasteiger partial charge is 0.361 e. The molecule has 3 radical (unpaired) electrons. The predicted molar refractivity (Wildman–Crippen MR) is 68.7 cm³/mol. The van der Waals surface area contributed by atoms with Crippen LogP contribution in [0.15, 0.2) is 0 Å². The van der Waals surface area contributed by atoms with Crippen molar-refractivity contribution in [3.05, 3.63) is 0 Å². The summed E-state index contributed by atoms with van der Waals surface area (Å²) in [6, 6.07) is 0.494. The van der Waals surface area contributed by atoms with E-state index in [0.717, 1.165) is 26.1 Å². The van der Waals surface area contributed by atoms with E-state index < -0.39 is 0 Å². The molecule has 3 nitrogen and oxygen atoms in total. The van der Waals surface area contributed by atoms with Crippen LogP contribution < -0.4 is 0 Å². The van der Waals surface area contributed by atoms with E-state index in [2.05, 4.69) is 35.9 Å². The van der Waals surface area contributed by atoms with Crippen molar-refractivity contribution in [2.24, 2.45) is 0 Å². The summed E-state index contributed by atoms with van der Waals surface area (Å²) in [6.45, 7) is 9.67. The lowest BCUT2D eigenvalue weighted by Crippen LogP contribution is -2.40. The second-order valence-corrected chi connectivity index (χ2v) is 4.47. The molecule has 2 atom stereocenters. The van der Waals surface area contributed by atoms with Crippen molar-refractivity contribution in [3.8, 4) is 0 Å². The van der Waals surface area contributed by atoms with Crippen molar-refractivity contribution in [1.29, 1.82) is 0 Å². The van der Waals surface area contributed by atoms with Gasteiger partial charge in [-0.25, -0.2) is 0 Å². The second kappa shape index (κ2) is 10.3. The lowest BCUT2D eigenvalue weighted by atomic mass is 10.2. The molecule has 0 aromatic carbocycles. The summed E-state index contributed by atoms with van der Waals surface area (Å²) in [6.07, 6.45) is 3.50. The Kier molecular flexibility index (Phi) is 10.3. The van der Waals surface area contributed by atoms with E-state index in [1.165, 1.54) is 12.8 Å². The van der Waals surface area contributed by atoms with Crippen LogP contribution >= 0.6 is 0 Å². The van der Waals surface area contributed by atoms with E-state index >= 15 is 0 Å². The highest BCUT2D eigenvalue weighted by Crippen LogP contribution is 2.08. The minimum atomic E-state index is -0.292. The van der Waals surface area contributed by atoms with Gasteiger partial charge in [-0.2, -0.15) is 0 Å². The van der Waals surface area contributed by atoms with Crippen molar-refractivity contribution in [1.82, 2.24) is 4.90 Å². The van der Waals surface area contributed by atoms with Crippen LogP contribution in [0.2, 0.25) is 0 Å². The Bertz CT molecular complexity index is 152. The third-order valence-electron chi connectivity index (χ3n) is 2.66. The highest BCUT2D eigenvalue weighted by Gasteiger charge is 2.16. The Balaban J connectivity index is 4.08. The van der Waals surface area contributed by atoms with E-state index in [1.54, 1.807) is 7.11 Å². The van der Waals surface area contributed by atoms with Gasteiger partial charge in [0.2, 0.25) is 0 Å². The van der Waals surface area contributed by atoms with Gasteiger partial charge in [-0.1, -0.05) is 20.8 Å². The molecule has 0 aromatic rings. The number of rotatable bonds is 10. The molecule has 16 heavy (non-hydrogen) atoms. The first-order chi connectivity index (χ1) is 7.69. The highest BCUT2D eigenvalue weighted by atomic mass is 28.1. The molecular formula is C12H26NO2Si. The molecule has 0 fully saturated rings. The van der Waals surface area contributed by atoms with E-state index in [1.807, 2.05) is 0 Å². The van der Waals surface area contributed by atoms with Crippen molar-refractivity contribution < 1.29 is 9.47 Å². The highest BCUT2D eigenvalue weighted by molar-refractivity contribution is 6.09. The van der Waals surface area contributed by atoms with Crippen LogP contribution in [0.25, 0.3) is 0 Å². The van der Waals surface area contributed by atoms with Gasteiger partial charge >= 0.3 is 0 Å². The minimum Gasteiger partial charge on any atom is -0.361 e. The molecule has 0 bridgehead atoms. The summed E-state index contributed by atoms with van der Waals surface area (Å²) in [5, 5.41) is 0. The number of hydrogen-bond acceptors (Lipinski definition) is 3. The van der Waals surface area contributed by atoms with Gasteiger partial charge in [-0.15, -0.1) is 0 Å². The van der Waals surface area contributed by atoms with E-state index in [0.29, 0.717) is 6.04 Å². The lowest BCUT2D eigenvalue weighted by molar-refractivity contribution is -0.0840. The molecular weight excluding hydrogens is 218 g/mol. The predicted octanol–water partition coefficient (Wildman–Crippen LogP) is 2.00. The first-order valence-corrected chi connectivity index (χ1v) is 6.86. The van der Waals surface area contributed by atoms with Crippen LogP contribution in [-0.4, -0.2) is 53.9 Å². The van der Waals surface area contributed by atoms with Crippen molar-refractivity contribution >= 4 is 10.2 Å². The first-order valence-electron chi connectivity index (χ1n) is 6.29. The van der Waals surface area contributed by atoms with Gasteiger partial charge in [0, 0.05) is 13.2 Å². The standard InChI is InChI=1S/C12H26NO2Si/c1-5-8-13(9-6-2)11(7-3)10-15-12(16)14-4/h11-12H,5-10H2,1-4H3. The third kappa shape index (κ3) is 6.63. The molecule has 2 unspecified atom stereocenters. The minimum absolute atomic E-state index is 0.292. The van der Waals surface area contributed by atoms with Gasteiger partial charge in [0.1, 0.15) is 16.2 Å². The Morgan fingerprint density at radius 1 is 1.12 bits per heavy atom. The van der Waals surface area contributed by atoms with Crippen molar-refractivity contribution in [3.63, 3.8) is 0 Å². The SMILES string of the molecule is CCCN(CCC)C(CC)COC([Si])OC. The molecule has 95 valence electrons. The Morgan fingerprint density at radius 2 is 1.69 bits per heavy atom. The van der Waals surface area contributed by atoms with Crippen LogP contribution in [0.4, 0.5) is 0 Å². The first kappa shape index (κ1) is 16.1. The maximum Gasteiger partial charge on any atom is 0.133 e. The molecule has 0 aliphatic heterocycles. The van der Waals surface area contributed by atoms with Crippen LogP contribution in [-0.2, 0) is 9.47 Å². The number of hydrogen-bond donors (Lipinski definition) is 0. The maximum atomic E-state index is 5.57. The summed E-state index contributed by atoms with van der Waals surface area (Å²) in [5.41, 5.74) is 0. The fourth-order valence-electron chi connectivity index (χ4n) is 1.80. The van der Waals surface area contributed by atoms with Gasteiger partial charge in [-0.05, 0) is 32.4 Å². The third-order valence-corrected chi connectivity index (χ3v) is 3.07. The summed E-state index contributed by atoms with van der Waals surface area (Å²) in [7, 11) is 4.98. The average Bonchev–Trinajstić information content (AvgIpc) is 2.30. The maximum absolute atomic E-state index is 5.57. The van der Waals surface area contributed by atoms with Crippen LogP contribution in [0, 0.1) is 0 Å². The fraction of sp³-hybridized carbons (Fsp3) is 1.00. The zero-order chi connectivity index (χ0) is 12.4. The molecule has 0 spiro atoms. The molecule has 0 saturated heterocycles. The van der Waals surface area contributed by atoms with Gasteiger partial charge < -0.3 is 9.47 Å². The van der Waals surface area contributed by atoms with E-state index in [4.69, 9.17) is 9.47 Å². The molecule has 0 aliphatic carbocycles. The van der Waals surface area contributed by atoms with E-state index in [9.17, 15) is 0 Å². The number of ether oxygens (including phenoxy) is 2. The fourth-order valence-corrected chi connectivity index (χ4v) is 1.90. The summed E-state index contributed by atoms with van der Waals surface area (Å²) in [5.74, 6) is -0.292. The quantitative estimate of drug-likeness (QED) is 0.433. The lowest BCUT2D eigenvalue weighted by Gasteiger charge is -2.31. The number of nitrogens with zero attached hydrogens (tertiary/aromatic N) is 1. The van der Waals surface area contributed by atoms with Crippen molar-refractivity contribution in [2.75, 3.05) is 26.8 Å². The van der Waals surface area contributed by atoms with Crippen LogP contribution in [0.1, 0.15) is 40.0 Å². The Hall–Kier alpha value is 0.0969.